The summed E-state index contributed by atoms with van der Waals surface area (Å²) in [4.78, 5) is 10.2. The average Bonchev–Trinajstić information content (AvgIpc) is 2.23. The van der Waals surface area contributed by atoms with Gasteiger partial charge < -0.3 is 9.53 Å². The molecule has 0 N–H and O–H groups in total. The first kappa shape index (κ1) is 14.4. The Morgan fingerprint density at radius 2 is 1.94 bits per heavy atom. The van der Waals surface area contributed by atoms with Crippen LogP contribution in [0.5, 0.6) is 5.75 Å². The number of halogens is 5. The molecule has 0 aliphatic rings. The quantitative estimate of drug-likeness (QED) is 0.604. The number of benzene rings is 1. The molecule has 1 aromatic rings. The lowest BCUT2D eigenvalue weighted by atomic mass is 10.0. The summed E-state index contributed by atoms with van der Waals surface area (Å²) < 4.78 is 66.2. The molecule has 100 valence electrons. The van der Waals surface area contributed by atoms with Gasteiger partial charge in [-0.1, -0.05) is 12.1 Å². The molecule has 0 amide bonds. The Morgan fingerprint density at radius 3 is 2.44 bits per heavy atom. The molecule has 0 aliphatic heterocycles. The van der Waals surface area contributed by atoms with E-state index in [9.17, 15) is 26.7 Å². The van der Waals surface area contributed by atoms with Crippen LogP contribution in [0.4, 0.5) is 22.0 Å². The maximum absolute atomic E-state index is 12.8. The highest BCUT2D eigenvalue weighted by atomic mass is 19.4. The van der Waals surface area contributed by atoms with Gasteiger partial charge in [0.25, 0.3) is 0 Å². The standard InChI is InChI=1S/C11H9F5O2/c12-10(13)18-8-5-1-3-7(4-2-6-17)9(8)11(14,15)16/h1,3,5-6,10H,2,4H2. The summed E-state index contributed by atoms with van der Waals surface area (Å²) >= 11 is 0. The Morgan fingerprint density at radius 1 is 1.28 bits per heavy atom. The molecule has 0 unspecified atom stereocenters. The van der Waals surface area contributed by atoms with Gasteiger partial charge in [0.2, 0.25) is 0 Å². The number of hydrogen-bond acceptors (Lipinski definition) is 2. The second kappa shape index (κ2) is 5.79. The number of carbonyl (C=O) groups excluding carboxylic acids is 1. The Bertz CT molecular complexity index is 414. The van der Waals surface area contributed by atoms with Gasteiger partial charge in [-0.2, -0.15) is 22.0 Å². The highest BCUT2D eigenvalue weighted by Crippen LogP contribution is 2.39. The molecule has 0 aliphatic carbocycles. The number of rotatable bonds is 5. The maximum Gasteiger partial charge on any atom is 0.420 e. The number of ether oxygens (including phenoxy) is 1. The molecule has 0 radical (unpaired) electrons. The molecule has 0 spiro atoms. The van der Waals surface area contributed by atoms with Crippen molar-refractivity contribution in [3.8, 4) is 5.75 Å². The van der Waals surface area contributed by atoms with E-state index >= 15 is 0 Å². The second-order valence-electron chi connectivity index (χ2n) is 3.37. The number of aldehydes is 1. The van der Waals surface area contributed by atoms with Gasteiger partial charge in [-0.15, -0.1) is 0 Å². The van der Waals surface area contributed by atoms with Gasteiger partial charge in [0, 0.05) is 6.42 Å². The fraction of sp³-hybridized carbons (Fsp3) is 0.364. The van der Waals surface area contributed by atoms with Crippen molar-refractivity contribution >= 4 is 6.29 Å². The van der Waals surface area contributed by atoms with E-state index in [4.69, 9.17) is 0 Å². The van der Waals surface area contributed by atoms with Gasteiger partial charge in [-0.3, -0.25) is 0 Å². The molecule has 0 heterocycles. The molecular formula is C11H9F5O2. The summed E-state index contributed by atoms with van der Waals surface area (Å²) in [6.45, 7) is -3.34. The molecule has 0 fully saturated rings. The van der Waals surface area contributed by atoms with E-state index in [-0.39, 0.29) is 18.4 Å². The van der Waals surface area contributed by atoms with E-state index in [2.05, 4.69) is 4.74 Å². The fourth-order valence-electron chi connectivity index (χ4n) is 1.52. The normalized spacial score (nSPS) is 11.7. The highest BCUT2D eigenvalue weighted by molar-refractivity contribution is 5.51. The summed E-state index contributed by atoms with van der Waals surface area (Å²) in [5.41, 5.74) is -1.50. The molecular weight excluding hydrogens is 259 g/mol. The number of aryl methyl sites for hydroxylation is 1. The largest absolute Gasteiger partial charge is 0.434 e. The van der Waals surface area contributed by atoms with Gasteiger partial charge in [-0.05, 0) is 18.1 Å². The van der Waals surface area contributed by atoms with E-state index in [1.165, 1.54) is 6.07 Å². The average molecular weight is 268 g/mol. The van der Waals surface area contributed by atoms with Crippen molar-refractivity contribution in [2.24, 2.45) is 0 Å². The minimum atomic E-state index is -4.82. The molecule has 1 aromatic carbocycles. The van der Waals surface area contributed by atoms with Crippen LogP contribution in [0.15, 0.2) is 18.2 Å². The molecule has 0 saturated carbocycles. The van der Waals surface area contributed by atoms with Gasteiger partial charge in [-0.25, -0.2) is 0 Å². The Hall–Kier alpha value is -1.66. The highest BCUT2D eigenvalue weighted by Gasteiger charge is 2.37. The third kappa shape index (κ3) is 3.68. The van der Waals surface area contributed by atoms with Crippen LogP contribution in [-0.2, 0) is 17.4 Å². The Kier molecular flexibility index (Phi) is 4.63. The van der Waals surface area contributed by atoms with Crippen LogP contribution < -0.4 is 4.74 Å². The summed E-state index contributed by atoms with van der Waals surface area (Å²) in [7, 11) is 0. The second-order valence-corrected chi connectivity index (χ2v) is 3.37. The van der Waals surface area contributed by atoms with Crippen LogP contribution in [0.2, 0.25) is 0 Å². The third-order valence-electron chi connectivity index (χ3n) is 2.14. The molecule has 2 nitrogen and oxygen atoms in total. The monoisotopic (exact) mass is 268 g/mol. The first-order chi connectivity index (χ1) is 8.36. The molecule has 7 heteroatoms. The first-order valence-electron chi connectivity index (χ1n) is 4.93. The third-order valence-corrected chi connectivity index (χ3v) is 2.14. The topological polar surface area (TPSA) is 26.3 Å². The summed E-state index contributed by atoms with van der Waals surface area (Å²) in [6.07, 6.45) is -4.66. The Labute approximate surface area is 99.4 Å². The predicted octanol–water partition coefficient (Wildman–Crippen LogP) is 3.44. The molecule has 0 saturated heterocycles. The summed E-state index contributed by atoms with van der Waals surface area (Å²) in [5, 5.41) is 0. The maximum atomic E-state index is 12.8. The molecule has 0 atom stereocenters. The van der Waals surface area contributed by atoms with Crippen LogP contribution >= 0.6 is 0 Å². The molecule has 1 rings (SSSR count). The SMILES string of the molecule is O=CCCc1cccc(OC(F)F)c1C(F)(F)F. The minimum Gasteiger partial charge on any atom is -0.434 e. The van der Waals surface area contributed by atoms with Crippen LogP contribution in [0, 0.1) is 0 Å². The van der Waals surface area contributed by atoms with E-state index in [0.717, 1.165) is 12.1 Å². The van der Waals surface area contributed by atoms with E-state index in [1.807, 2.05) is 0 Å². The lowest BCUT2D eigenvalue weighted by molar-refractivity contribution is -0.142. The van der Waals surface area contributed by atoms with Crippen LogP contribution in [0.1, 0.15) is 17.5 Å². The van der Waals surface area contributed by atoms with Crippen molar-refractivity contribution in [1.29, 1.82) is 0 Å². The van der Waals surface area contributed by atoms with Gasteiger partial charge in [0.05, 0.1) is 0 Å². The smallest absolute Gasteiger partial charge is 0.420 e. The van der Waals surface area contributed by atoms with Crippen molar-refractivity contribution in [3.05, 3.63) is 29.3 Å². The number of carbonyl (C=O) groups is 1. The fourth-order valence-corrected chi connectivity index (χ4v) is 1.52. The zero-order valence-corrected chi connectivity index (χ0v) is 9.01. The van der Waals surface area contributed by atoms with Crippen molar-refractivity contribution in [2.75, 3.05) is 0 Å². The van der Waals surface area contributed by atoms with E-state index in [0.29, 0.717) is 6.29 Å². The lowest BCUT2D eigenvalue weighted by Gasteiger charge is -2.16. The number of hydrogen-bond donors (Lipinski definition) is 0. The minimum absolute atomic E-state index is 0.124. The number of alkyl halides is 5. The molecule has 18 heavy (non-hydrogen) atoms. The van der Waals surface area contributed by atoms with Crippen molar-refractivity contribution < 1.29 is 31.5 Å². The van der Waals surface area contributed by atoms with Crippen molar-refractivity contribution in [3.63, 3.8) is 0 Å². The van der Waals surface area contributed by atoms with Gasteiger partial charge in [0.15, 0.2) is 0 Å². The summed E-state index contributed by atoms with van der Waals surface area (Å²) in [5.74, 6) is -0.930. The van der Waals surface area contributed by atoms with Crippen molar-refractivity contribution in [1.82, 2.24) is 0 Å². The van der Waals surface area contributed by atoms with Crippen molar-refractivity contribution in [2.45, 2.75) is 25.6 Å². The predicted molar refractivity (Wildman–Crippen MR) is 52.5 cm³/mol. The first-order valence-corrected chi connectivity index (χ1v) is 4.93. The zero-order chi connectivity index (χ0) is 13.8. The summed E-state index contributed by atoms with van der Waals surface area (Å²) in [6, 6.07) is 3.12. The Balaban J connectivity index is 3.21. The lowest BCUT2D eigenvalue weighted by Crippen LogP contribution is -2.14. The molecule has 0 bridgehead atoms. The van der Waals surface area contributed by atoms with Crippen LogP contribution in [0.3, 0.4) is 0 Å². The van der Waals surface area contributed by atoms with E-state index in [1.54, 1.807) is 0 Å². The van der Waals surface area contributed by atoms with Crippen LogP contribution in [-0.4, -0.2) is 12.9 Å². The molecule has 0 aromatic heterocycles. The van der Waals surface area contributed by atoms with Gasteiger partial charge >= 0.3 is 12.8 Å². The zero-order valence-electron chi connectivity index (χ0n) is 9.01. The van der Waals surface area contributed by atoms with Crippen LogP contribution in [0.25, 0.3) is 0 Å². The van der Waals surface area contributed by atoms with Gasteiger partial charge in [0.1, 0.15) is 17.6 Å². The van der Waals surface area contributed by atoms with E-state index < -0.39 is 24.1 Å².